The van der Waals surface area contributed by atoms with E-state index in [9.17, 15) is 0 Å². The highest BCUT2D eigenvalue weighted by atomic mass is 16.5. The molecule has 0 spiro atoms. The van der Waals surface area contributed by atoms with Crippen molar-refractivity contribution in [2.24, 2.45) is 4.99 Å². The van der Waals surface area contributed by atoms with E-state index in [1.165, 1.54) is 0 Å². The zero-order valence-corrected chi connectivity index (χ0v) is 17.1. The summed E-state index contributed by atoms with van der Waals surface area (Å²) in [6.07, 6.45) is 2.25. The predicted octanol–water partition coefficient (Wildman–Crippen LogP) is 5.52. The van der Waals surface area contributed by atoms with E-state index < -0.39 is 0 Å². The molecule has 0 aromatic heterocycles. The Balaban J connectivity index is 1.65. The lowest BCUT2D eigenvalue weighted by Gasteiger charge is -2.12. The fourth-order valence-electron chi connectivity index (χ4n) is 2.90. The number of nitrogens with zero attached hydrogens (tertiary/aromatic N) is 2. The van der Waals surface area contributed by atoms with Gasteiger partial charge in [-0.3, -0.25) is 4.99 Å². The Bertz CT molecular complexity index is 1010. The summed E-state index contributed by atoms with van der Waals surface area (Å²) in [5, 5.41) is 0. The molecule has 3 aromatic carbocycles. The van der Waals surface area contributed by atoms with Gasteiger partial charge in [0.1, 0.15) is 12.4 Å². The molecule has 1 unspecified atom stereocenters. The first-order chi connectivity index (χ1) is 14.7. The van der Waals surface area contributed by atoms with E-state index in [0.717, 1.165) is 22.6 Å². The van der Waals surface area contributed by atoms with E-state index in [2.05, 4.69) is 9.84 Å². The molecule has 0 saturated carbocycles. The lowest BCUT2D eigenvalue weighted by Crippen LogP contribution is -2.08. The Kier molecular flexibility index (Phi) is 7.45. The third-order valence-electron chi connectivity index (χ3n) is 4.54. The minimum absolute atomic E-state index is 0.346. The molecule has 0 aliphatic rings. The molecule has 0 N–H and O–H groups in total. The number of hydrogen-bond acceptors (Lipinski definition) is 4. The molecule has 0 saturated heterocycles. The topological polar surface area (TPSA) is 44.4 Å². The van der Waals surface area contributed by atoms with Gasteiger partial charge in [0.2, 0.25) is 0 Å². The molecule has 0 heterocycles. The molecule has 1 atom stereocenters. The van der Waals surface area contributed by atoms with Gasteiger partial charge in [-0.1, -0.05) is 36.4 Å². The van der Waals surface area contributed by atoms with Gasteiger partial charge in [-0.25, -0.2) is 6.57 Å². The van der Waals surface area contributed by atoms with Gasteiger partial charge >= 0.3 is 0 Å². The molecular formula is C25H24N2O3. The van der Waals surface area contributed by atoms with Crippen molar-refractivity contribution in [2.75, 3.05) is 14.2 Å². The van der Waals surface area contributed by atoms with Gasteiger partial charge in [0, 0.05) is 0 Å². The standard InChI is InChI=1S/C25H24N2O3/c1-26-22(17-27-21-7-5-4-6-8-21)15-20-11-14-24(25(16-20)29-3)30-18-19-9-12-23(28-2)13-10-19/h4-14,16-17,22H,15,18H2,2-3H3. The summed E-state index contributed by atoms with van der Waals surface area (Å²) in [6, 6.07) is 22.8. The van der Waals surface area contributed by atoms with Crippen LogP contribution in [0.2, 0.25) is 0 Å². The smallest absolute Gasteiger partial charge is 0.262 e. The van der Waals surface area contributed by atoms with Gasteiger partial charge < -0.3 is 19.1 Å². The van der Waals surface area contributed by atoms with E-state index in [-0.39, 0.29) is 6.04 Å². The van der Waals surface area contributed by atoms with E-state index >= 15 is 0 Å². The molecular weight excluding hydrogens is 376 g/mol. The van der Waals surface area contributed by atoms with Crippen LogP contribution in [0.5, 0.6) is 17.2 Å². The van der Waals surface area contributed by atoms with Crippen LogP contribution >= 0.6 is 0 Å². The molecule has 0 aliphatic carbocycles. The average Bonchev–Trinajstić information content (AvgIpc) is 2.81. The van der Waals surface area contributed by atoms with Crippen LogP contribution in [0.3, 0.4) is 0 Å². The maximum atomic E-state index is 7.47. The van der Waals surface area contributed by atoms with Gasteiger partial charge in [0.15, 0.2) is 11.5 Å². The molecule has 0 radical (unpaired) electrons. The molecule has 3 rings (SSSR count). The van der Waals surface area contributed by atoms with Crippen molar-refractivity contribution in [3.63, 3.8) is 0 Å². The van der Waals surface area contributed by atoms with Crippen molar-refractivity contribution in [2.45, 2.75) is 19.1 Å². The lowest BCUT2D eigenvalue weighted by molar-refractivity contribution is 0.284. The minimum atomic E-state index is -0.346. The monoisotopic (exact) mass is 400 g/mol. The summed E-state index contributed by atoms with van der Waals surface area (Å²) in [6.45, 7) is 7.90. The molecule has 0 bridgehead atoms. The SMILES string of the molecule is [C-]#[N+]C(C=Nc1ccccc1)Cc1ccc(OCc2ccc(OC)cc2)c(OC)c1. The normalized spacial score (nSPS) is 11.6. The van der Waals surface area contributed by atoms with Crippen molar-refractivity contribution in [3.8, 4) is 17.2 Å². The zero-order valence-electron chi connectivity index (χ0n) is 17.1. The molecule has 0 aliphatic heterocycles. The summed E-state index contributed by atoms with van der Waals surface area (Å²) < 4.78 is 16.6. The van der Waals surface area contributed by atoms with Crippen LogP contribution in [0, 0.1) is 6.57 Å². The first-order valence-corrected chi connectivity index (χ1v) is 9.60. The number of rotatable bonds is 9. The van der Waals surface area contributed by atoms with E-state index in [0.29, 0.717) is 24.5 Å². The highest BCUT2D eigenvalue weighted by molar-refractivity contribution is 5.71. The third kappa shape index (κ3) is 5.86. The quantitative estimate of drug-likeness (QED) is 0.351. The second-order valence-corrected chi connectivity index (χ2v) is 6.64. The van der Waals surface area contributed by atoms with E-state index in [1.54, 1.807) is 20.4 Å². The van der Waals surface area contributed by atoms with Gasteiger partial charge in [-0.15, -0.1) is 0 Å². The summed E-state index contributed by atoms with van der Waals surface area (Å²) >= 11 is 0. The van der Waals surface area contributed by atoms with Crippen LogP contribution < -0.4 is 14.2 Å². The van der Waals surface area contributed by atoms with Crippen molar-refractivity contribution >= 4 is 11.9 Å². The highest BCUT2D eigenvalue weighted by Crippen LogP contribution is 2.29. The Morgan fingerprint density at radius 1 is 0.900 bits per heavy atom. The number of benzene rings is 3. The zero-order chi connectivity index (χ0) is 21.2. The molecule has 5 nitrogen and oxygen atoms in total. The van der Waals surface area contributed by atoms with Crippen LogP contribution in [-0.2, 0) is 13.0 Å². The van der Waals surface area contributed by atoms with Crippen LogP contribution in [0.4, 0.5) is 5.69 Å². The largest absolute Gasteiger partial charge is 0.497 e. The maximum absolute atomic E-state index is 7.47. The molecule has 0 amide bonds. The Morgan fingerprint density at radius 2 is 1.63 bits per heavy atom. The summed E-state index contributed by atoms with van der Waals surface area (Å²) in [5.74, 6) is 2.12. The first kappa shape index (κ1) is 20.9. The number of aliphatic imine (C=N–C) groups is 1. The maximum Gasteiger partial charge on any atom is 0.262 e. The minimum Gasteiger partial charge on any atom is -0.497 e. The molecule has 5 heteroatoms. The molecule has 0 fully saturated rings. The average molecular weight is 400 g/mol. The Hall–Kier alpha value is -3.78. The van der Waals surface area contributed by atoms with E-state index in [1.807, 2.05) is 72.8 Å². The summed E-state index contributed by atoms with van der Waals surface area (Å²) in [4.78, 5) is 8.09. The third-order valence-corrected chi connectivity index (χ3v) is 4.54. The predicted molar refractivity (Wildman–Crippen MR) is 119 cm³/mol. The molecule has 30 heavy (non-hydrogen) atoms. The van der Waals surface area contributed by atoms with Gasteiger partial charge in [0.25, 0.3) is 6.04 Å². The van der Waals surface area contributed by atoms with Crippen LogP contribution in [-0.4, -0.2) is 26.5 Å². The lowest BCUT2D eigenvalue weighted by atomic mass is 10.1. The van der Waals surface area contributed by atoms with Crippen molar-refractivity contribution in [1.82, 2.24) is 0 Å². The van der Waals surface area contributed by atoms with Crippen LogP contribution in [0.25, 0.3) is 4.85 Å². The van der Waals surface area contributed by atoms with Crippen molar-refractivity contribution in [3.05, 3.63) is 95.3 Å². The van der Waals surface area contributed by atoms with Gasteiger partial charge in [-0.2, -0.15) is 0 Å². The van der Waals surface area contributed by atoms with Gasteiger partial charge in [0.05, 0.1) is 32.5 Å². The van der Waals surface area contributed by atoms with Crippen LogP contribution in [0.15, 0.2) is 77.8 Å². The highest BCUT2D eigenvalue weighted by Gasteiger charge is 2.13. The fraction of sp³-hybridized carbons (Fsp3) is 0.200. The molecule has 3 aromatic rings. The second kappa shape index (κ2) is 10.7. The molecule has 152 valence electrons. The number of para-hydroxylation sites is 1. The van der Waals surface area contributed by atoms with Crippen molar-refractivity contribution in [1.29, 1.82) is 0 Å². The summed E-state index contributed by atoms with van der Waals surface area (Å²) in [5.41, 5.74) is 2.86. The summed E-state index contributed by atoms with van der Waals surface area (Å²) in [7, 11) is 3.26. The fourth-order valence-corrected chi connectivity index (χ4v) is 2.90. The van der Waals surface area contributed by atoms with Crippen LogP contribution in [0.1, 0.15) is 11.1 Å². The van der Waals surface area contributed by atoms with E-state index in [4.69, 9.17) is 20.8 Å². The Labute approximate surface area is 177 Å². The number of methoxy groups -OCH3 is 2. The van der Waals surface area contributed by atoms with Crippen molar-refractivity contribution < 1.29 is 14.2 Å². The number of ether oxygens (including phenoxy) is 3. The van der Waals surface area contributed by atoms with Gasteiger partial charge in [-0.05, 0) is 47.5 Å². The Morgan fingerprint density at radius 3 is 2.30 bits per heavy atom. The number of hydrogen-bond donors (Lipinski definition) is 0. The second-order valence-electron chi connectivity index (χ2n) is 6.64. The first-order valence-electron chi connectivity index (χ1n) is 9.60.